The maximum absolute atomic E-state index is 12.3. The zero-order valence-electron chi connectivity index (χ0n) is 12.4. The molecule has 0 fully saturated rings. The van der Waals surface area contributed by atoms with Crippen molar-refractivity contribution in [3.05, 3.63) is 64.0 Å². The maximum Gasteiger partial charge on any atom is 0.254 e. The minimum atomic E-state index is -0.123. The molecule has 3 rings (SSSR count). The number of hydrogen-bond donors (Lipinski definition) is 1. The van der Waals surface area contributed by atoms with Gasteiger partial charge in [-0.25, -0.2) is 0 Å². The summed E-state index contributed by atoms with van der Waals surface area (Å²) < 4.78 is 7.27. The van der Waals surface area contributed by atoms with Crippen LogP contribution >= 0.6 is 11.3 Å². The first-order valence-electron chi connectivity index (χ1n) is 7.01. The Bertz CT molecular complexity index is 710. The Morgan fingerprint density at radius 2 is 2.36 bits per heavy atom. The molecule has 0 saturated heterocycles. The zero-order chi connectivity index (χ0) is 15.5. The van der Waals surface area contributed by atoms with Gasteiger partial charge in [0.2, 0.25) is 0 Å². The predicted molar refractivity (Wildman–Crippen MR) is 85.2 cm³/mol. The third-order valence-electron chi connectivity index (χ3n) is 3.51. The fourth-order valence-corrected chi connectivity index (χ4v) is 3.14. The van der Waals surface area contributed by atoms with E-state index in [4.69, 9.17) is 4.42 Å². The lowest BCUT2D eigenvalue weighted by atomic mass is 10.1. The first-order chi connectivity index (χ1) is 10.6. The molecule has 6 heteroatoms. The van der Waals surface area contributed by atoms with Gasteiger partial charge in [-0.2, -0.15) is 16.4 Å². The monoisotopic (exact) mass is 315 g/mol. The van der Waals surface area contributed by atoms with Gasteiger partial charge in [-0.1, -0.05) is 0 Å². The van der Waals surface area contributed by atoms with Crippen molar-refractivity contribution in [2.75, 3.05) is 6.54 Å². The Kier molecular flexibility index (Phi) is 4.11. The Morgan fingerprint density at radius 3 is 2.95 bits per heavy atom. The molecule has 22 heavy (non-hydrogen) atoms. The second-order valence-electron chi connectivity index (χ2n) is 5.10. The highest BCUT2D eigenvalue weighted by Crippen LogP contribution is 2.20. The van der Waals surface area contributed by atoms with Crippen molar-refractivity contribution < 1.29 is 9.21 Å². The highest BCUT2D eigenvalue weighted by Gasteiger charge is 2.18. The highest BCUT2D eigenvalue weighted by atomic mass is 32.1. The van der Waals surface area contributed by atoms with Crippen molar-refractivity contribution >= 4 is 17.2 Å². The van der Waals surface area contributed by atoms with Crippen LogP contribution in [0.5, 0.6) is 0 Å². The third kappa shape index (κ3) is 2.96. The molecule has 1 amide bonds. The lowest BCUT2D eigenvalue weighted by Crippen LogP contribution is -2.31. The van der Waals surface area contributed by atoms with Crippen LogP contribution in [0.1, 0.15) is 33.5 Å². The molecule has 1 N–H and O–H groups in total. The van der Waals surface area contributed by atoms with Crippen molar-refractivity contribution in [1.29, 1.82) is 0 Å². The fraction of sp³-hybridized carbons (Fsp3) is 0.250. The normalized spacial score (nSPS) is 12.3. The number of nitrogens with one attached hydrogen (secondary N) is 1. The molecule has 0 aliphatic carbocycles. The van der Waals surface area contributed by atoms with E-state index in [0.717, 1.165) is 11.3 Å². The van der Waals surface area contributed by atoms with E-state index in [-0.39, 0.29) is 11.9 Å². The van der Waals surface area contributed by atoms with Crippen molar-refractivity contribution in [3.8, 4) is 0 Å². The van der Waals surface area contributed by atoms with Crippen molar-refractivity contribution in [2.24, 2.45) is 0 Å². The van der Waals surface area contributed by atoms with Crippen LogP contribution < -0.4 is 5.32 Å². The first kappa shape index (κ1) is 14.6. The quantitative estimate of drug-likeness (QED) is 0.786. The summed E-state index contributed by atoms with van der Waals surface area (Å²) >= 11 is 1.63. The largest absolute Gasteiger partial charge is 0.466 e. The molecular weight excluding hydrogens is 298 g/mol. The molecule has 3 aromatic heterocycles. The smallest absolute Gasteiger partial charge is 0.254 e. The third-order valence-corrected chi connectivity index (χ3v) is 4.22. The van der Waals surface area contributed by atoms with Crippen LogP contribution in [0, 0.1) is 13.8 Å². The summed E-state index contributed by atoms with van der Waals surface area (Å²) in [4.78, 5) is 12.3. The molecule has 0 aliphatic rings. The van der Waals surface area contributed by atoms with Gasteiger partial charge in [-0.3, -0.25) is 9.48 Å². The molecule has 0 aliphatic heterocycles. The Balaban J connectivity index is 1.75. The van der Waals surface area contributed by atoms with Crippen LogP contribution in [0.3, 0.4) is 0 Å². The van der Waals surface area contributed by atoms with Gasteiger partial charge in [0.1, 0.15) is 11.5 Å². The van der Waals surface area contributed by atoms with E-state index >= 15 is 0 Å². The predicted octanol–water partition coefficient (Wildman–Crippen LogP) is 3.17. The molecule has 1 unspecified atom stereocenters. The minimum Gasteiger partial charge on any atom is -0.466 e. The highest BCUT2D eigenvalue weighted by molar-refractivity contribution is 7.07. The van der Waals surface area contributed by atoms with Gasteiger partial charge in [0.15, 0.2) is 0 Å². The minimum absolute atomic E-state index is 0.0153. The number of amides is 1. The van der Waals surface area contributed by atoms with Gasteiger partial charge in [0.05, 0.1) is 11.6 Å². The molecular formula is C16H17N3O2S. The van der Waals surface area contributed by atoms with E-state index in [1.165, 1.54) is 0 Å². The van der Waals surface area contributed by atoms with Crippen LogP contribution in [0.15, 0.2) is 45.8 Å². The van der Waals surface area contributed by atoms with E-state index < -0.39 is 0 Å². The number of thiophene rings is 1. The SMILES string of the molecule is Cc1cc(C(=O)NCC(c2ccsc2)n2cccn2)c(C)o1. The van der Waals surface area contributed by atoms with Gasteiger partial charge >= 0.3 is 0 Å². The second kappa shape index (κ2) is 6.19. The van der Waals surface area contributed by atoms with Crippen LogP contribution in [-0.2, 0) is 0 Å². The van der Waals surface area contributed by atoms with Crippen molar-refractivity contribution in [3.63, 3.8) is 0 Å². The molecule has 0 radical (unpaired) electrons. The molecule has 1 atom stereocenters. The van der Waals surface area contributed by atoms with Crippen LogP contribution in [0.4, 0.5) is 0 Å². The van der Waals surface area contributed by atoms with Crippen LogP contribution in [-0.4, -0.2) is 22.2 Å². The van der Waals surface area contributed by atoms with Gasteiger partial charge < -0.3 is 9.73 Å². The second-order valence-corrected chi connectivity index (χ2v) is 5.88. The van der Waals surface area contributed by atoms with Crippen molar-refractivity contribution in [2.45, 2.75) is 19.9 Å². The summed E-state index contributed by atoms with van der Waals surface area (Å²) in [5.41, 5.74) is 1.72. The van der Waals surface area contributed by atoms with E-state index in [0.29, 0.717) is 17.9 Å². The maximum atomic E-state index is 12.3. The Hall–Kier alpha value is -2.34. The summed E-state index contributed by atoms with van der Waals surface area (Å²) in [7, 11) is 0. The molecule has 114 valence electrons. The summed E-state index contributed by atoms with van der Waals surface area (Å²) in [6, 6.07) is 5.68. The summed E-state index contributed by atoms with van der Waals surface area (Å²) in [5, 5.41) is 11.4. The number of furan rings is 1. The van der Waals surface area contributed by atoms with E-state index in [1.807, 2.05) is 29.2 Å². The standard InChI is InChI=1S/C16H17N3O2S/c1-11-8-14(12(2)21-11)16(20)17-9-15(13-4-7-22-10-13)19-6-3-5-18-19/h3-8,10,15H,9H2,1-2H3,(H,17,20). The molecule has 5 nitrogen and oxygen atoms in total. The van der Waals surface area contributed by atoms with Crippen LogP contribution in [0.2, 0.25) is 0 Å². The topological polar surface area (TPSA) is 60.1 Å². The zero-order valence-corrected chi connectivity index (χ0v) is 13.3. The molecule has 3 aromatic rings. The number of aromatic nitrogens is 2. The van der Waals surface area contributed by atoms with E-state index in [9.17, 15) is 4.79 Å². The fourth-order valence-electron chi connectivity index (χ4n) is 2.43. The van der Waals surface area contributed by atoms with Gasteiger partial charge in [0.25, 0.3) is 5.91 Å². The van der Waals surface area contributed by atoms with Gasteiger partial charge in [-0.15, -0.1) is 0 Å². The first-order valence-corrected chi connectivity index (χ1v) is 7.96. The number of carbonyl (C=O) groups excluding carboxylic acids is 1. The number of rotatable bonds is 5. The number of carbonyl (C=O) groups is 1. The lowest BCUT2D eigenvalue weighted by Gasteiger charge is -2.17. The van der Waals surface area contributed by atoms with Gasteiger partial charge in [-0.05, 0) is 48.4 Å². The Labute approximate surface area is 132 Å². The molecule has 3 heterocycles. The average molecular weight is 315 g/mol. The lowest BCUT2D eigenvalue weighted by molar-refractivity contribution is 0.0947. The number of aryl methyl sites for hydroxylation is 2. The van der Waals surface area contributed by atoms with E-state index in [1.54, 1.807) is 30.5 Å². The van der Waals surface area contributed by atoms with Crippen LogP contribution in [0.25, 0.3) is 0 Å². The molecule has 0 spiro atoms. The molecule has 0 aromatic carbocycles. The van der Waals surface area contributed by atoms with E-state index in [2.05, 4.69) is 21.9 Å². The van der Waals surface area contributed by atoms with Gasteiger partial charge in [0, 0.05) is 18.9 Å². The number of nitrogens with zero attached hydrogens (tertiary/aromatic N) is 2. The summed E-state index contributed by atoms with van der Waals surface area (Å²) in [6.07, 6.45) is 3.65. The molecule has 0 saturated carbocycles. The Morgan fingerprint density at radius 1 is 1.50 bits per heavy atom. The van der Waals surface area contributed by atoms with Crippen molar-refractivity contribution in [1.82, 2.24) is 15.1 Å². The average Bonchev–Trinajstić information content (AvgIpc) is 3.21. The number of hydrogen-bond acceptors (Lipinski definition) is 4. The summed E-state index contributed by atoms with van der Waals surface area (Å²) in [5.74, 6) is 1.26. The summed E-state index contributed by atoms with van der Waals surface area (Å²) in [6.45, 7) is 4.11. The molecule has 0 bridgehead atoms.